The molecule has 2 nitrogen and oxygen atoms in total. The van der Waals surface area contributed by atoms with E-state index in [1.807, 2.05) is 6.92 Å². The number of rotatable bonds is 4. The highest BCUT2D eigenvalue weighted by Gasteiger charge is 2.14. The first-order valence-electron chi connectivity index (χ1n) is 6.12. The summed E-state index contributed by atoms with van der Waals surface area (Å²) in [5.74, 6) is -2.88. The van der Waals surface area contributed by atoms with E-state index in [0.717, 1.165) is 5.56 Å². The Kier molecular flexibility index (Phi) is 5.25. The number of anilines is 1. The summed E-state index contributed by atoms with van der Waals surface area (Å²) < 4.78 is 25.0. The summed E-state index contributed by atoms with van der Waals surface area (Å²) in [7, 11) is 0. The van der Waals surface area contributed by atoms with Gasteiger partial charge in [0.15, 0.2) is 0 Å². The second-order valence-electron chi connectivity index (χ2n) is 4.33. The third-order valence-electron chi connectivity index (χ3n) is 2.82. The van der Waals surface area contributed by atoms with Crippen LogP contribution in [0.25, 0.3) is 0 Å². The molecule has 0 unspecified atom stereocenters. The normalized spacial score (nSPS) is 10.7. The third-order valence-corrected chi connectivity index (χ3v) is 3.88. The molecule has 0 aliphatic rings. The van der Waals surface area contributed by atoms with Crippen molar-refractivity contribution in [1.29, 1.82) is 0 Å². The van der Waals surface area contributed by atoms with Crippen molar-refractivity contribution in [2.75, 3.05) is 5.32 Å². The predicted octanol–water partition coefficient (Wildman–Crippen LogP) is 4.85. The van der Waals surface area contributed by atoms with Crippen molar-refractivity contribution >= 4 is 36.0 Å². The molecular formula is C15H13F2NOS2. The quantitative estimate of drug-likeness (QED) is 0.621. The Balaban J connectivity index is 2.25. The number of thiol groups is 1. The summed E-state index contributed by atoms with van der Waals surface area (Å²) in [6.07, 6.45) is 0. The fourth-order valence-corrected chi connectivity index (χ4v) is 2.61. The van der Waals surface area contributed by atoms with E-state index in [9.17, 15) is 13.6 Å². The van der Waals surface area contributed by atoms with E-state index in [0.29, 0.717) is 32.8 Å². The number of benzene rings is 2. The Labute approximate surface area is 131 Å². The number of carbonyl (C=O) groups is 1. The van der Waals surface area contributed by atoms with Crippen LogP contribution < -0.4 is 5.32 Å². The topological polar surface area (TPSA) is 29.1 Å². The minimum atomic E-state index is -2.54. The molecule has 1 N–H and O–H groups in total. The highest BCUT2D eigenvalue weighted by atomic mass is 32.2. The van der Waals surface area contributed by atoms with Crippen molar-refractivity contribution in [1.82, 2.24) is 0 Å². The van der Waals surface area contributed by atoms with Gasteiger partial charge in [-0.2, -0.15) is 8.78 Å². The van der Waals surface area contributed by atoms with Gasteiger partial charge < -0.3 is 5.32 Å². The molecule has 0 aromatic heterocycles. The molecule has 0 saturated carbocycles. The molecule has 1 amide bonds. The van der Waals surface area contributed by atoms with Crippen LogP contribution in [0, 0.1) is 6.92 Å². The molecule has 2 aromatic rings. The van der Waals surface area contributed by atoms with Crippen molar-refractivity contribution < 1.29 is 13.6 Å². The Morgan fingerprint density at radius 2 is 1.95 bits per heavy atom. The van der Waals surface area contributed by atoms with Gasteiger partial charge in [-0.05, 0) is 36.8 Å². The van der Waals surface area contributed by atoms with Crippen molar-refractivity contribution in [3.05, 3.63) is 53.6 Å². The van der Waals surface area contributed by atoms with Gasteiger partial charge in [0.2, 0.25) is 0 Å². The number of nitrogens with one attached hydrogen (secondary N) is 1. The van der Waals surface area contributed by atoms with Gasteiger partial charge in [0.25, 0.3) is 11.7 Å². The van der Waals surface area contributed by atoms with Crippen molar-refractivity contribution in [2.24, 2.45) is 0 Å². The number of halogens is 2. The van der Waals surface area contributed by atoms with Crippen LogP contribution in [0.3, 0.4) is 0 Å². The summed E-state index contributed by atoms with van der Waals surface area (Å²) >= 11 is 4.61. The molecule has 110 valence electrons. The van der Waals surface area contributed by atoms with Crippen molar-refractivity contribution in [3.8, 4) is 0 Å². The smallest absolute Gasteiger partial charge is 0.288 e. The van der Waals surface area contributed by atoms with Crippen LogP contribution in [0.2, 0.25) is 0 Å². The Morgan fingerprint density at radius 1 is 1.24 bits per heavy atom. The van der Waals surface area contributed by atoms with Crippen LogP contribution in [0.1, 0.15) is 15.9 Å². The molecule has 0 aliphatic carbocycles. The predicted molar refractivity (Wildman–Crippen MR) is 84.7 cm³/mol. The SMILES string of the molecule is Cc1ccc(S)cc1C(=O)Nc1ccccc1SC(F)F. The second-order valence-corrected chi connectivity index (χ2v) is 5.88. The molecule has 0 aliphatic heterocycles. The van der Waals surface area contributed by atoms with Gasteiger partial charge >= 0.3 is 0 Å². The van der Waals surface area contributed by atoms with E-state index < -0.39 is 5.76 Å². The summed E-state index contributed by atoms with van der Waals surface area (Å²) in [6, 6.07) is 11.7. The number of para-hydroxylation sites is 1. The molecule has 0 heterocycles. The fraction of sp³-hybridized carbons (Fsp3) is 0.133. The maximum absolute atomic E-state index is 12.5. The molecule has 21 heavy (non-hydrogen) atoms. The lowest BCUT2D eigenvalue weighted by atomic mass is 10.1. The van der Waals surface area contributed by atoms with E-state index in [-0.39, 0.29) is 5.91 Å². The lowest BCUT2D eigenvalue weighted by Gasteiger charge is -2.12. The highest BCUT2D eigenvalue weighted by Crippen LogP contribution is 2.32. The number of amides is 1. The maximum atomic E-state index is 12.5. The average Bonchev–Trinajstić information content (AvgIpc) is 2.43. The summed E-state index contributed by atoms with van der Waals surface area (Å²) in [4.78, 5) is 13.3. The van der Waals surface area contributed by atoms with Gasteiger partial charge in [-0.3, -0.25) is 4.79 Å². The van der Waals surface area contributed by atoms with Crippen molar-refractivity contribution in [2.45, 2.75) is 22.5 Å². The van der Waals surface area contributed by atoms with Gasteiger partial charge in [-0.1, -0.05) is 30.0 Å². The van der Waals surface area contributed by atoms with Crippen LogP contribution in [-0.4, -0.2) is 11.7 Å². The second kappa shape index (κ2) is 6.95. The highest BCUT2D eigenvalue weighted by molar-refractivity contribution is 7.99. The van der Waals surface area contributed by atoms with E-state index in [4.69, 9.17) is 0 Å². The van der Waals surface area contributed by atoms with Gasteiger partial charge in [0.1, 0.15) is 0 Å². The molecule has 0 fully saturated rings. The lowest BCUT2D eigenvalue weighted by Crippen LogP contribution is -2.14. The molecule has 0 radical (unpaired) electrons. The first kappa shape index (κ1) is 15.9. The molecule has 0 saturated heterocycles. The van der Waals surface area contributed by atoms with Gasteiger partial charge in [0, 0.05) is 15.4 Å². The first-order valence-corrected chi connectivity index (χ1v) is 7.45. The molecule has 2 rings (SSSR count). The molecular weight excluding hydrogens is 312 g/mol. The Morgan fingerprint density at radius 3 is 2.67 bits per heavy atom. The van der Waals surface area contributed by atoms with Crippen LogP contribution in [0.4, 0.5) is 14.5 Å². The number of carbonyl (C=O) groups excluding carboxylic acids is 1. The summed E-state index contributed by atoms with van der Waals surface area (Å²) in [5, 5.41) is 2.67. The Hall–Kier alpha value is -1.53. The largest absolute Gasteiger partial charge is 0.321 e. The van der Waals surface area contributed by atoms with Gasteiger partial charge in [-0.25, -0.2) is 0 Å². The minimum Gasteiger partial charge on any atom is -0.321 e. The summed E-state index contributed by atoms with van der Waals surface area (Å²) in [6.45, 7) is 1.81. The zero-order valence-electron chi connectivity index (χ0n) is 11.1. The monoisotopic (exact) mass is 325 g/mol. The van der Waals surface area contributed by atoms with Crippen molar-refractivity contribution in [3.63, 3.8) is 0 Å². The molecule has 0 bridgehead atoms. The van der Waals surface area contributed by atoms with Crippen LogP contribution in [0.15, 0.2) is 52.3 Å². The molecule has 6 heteroatoms. The number of thioether (sulfide) groups is 1. The lowest BCUT2D eigenvalue weighted by molar-refractivity contribution is 0.102. The third kappa shape index (κ3) is 4.22. The number of hydrogen-bond donors (Lipinski definition) is 2. The zero-order valence-corrected chi connectivity index (χ0v) is 12.8. The van der Waals surface area contributed by atoms with E-state index in [1.165, 1.54) is 0 Å². The van der Waals surface area contributed by atoms with Crippen LogP contribution >= 0.6 is 24.4 Å². The maximum Gasteiger partial charge on any atom is 0.288 e. The molecule has 2 aromatic carbocycles. The van der Waals surface area contributed by atoms with E-state index >= 15 is 0 Å². The van der Waals surface area contributed by atoms with Gasteiger partial charge in [0.05, 0.1) is 5.69 Å². The van der Waals surface area contributed by atoms with Crippen LogP contribution in [0.5, 0.6) is 0 Å². The summed E-state index contributed by atoms with van der Waals surface area (Å²) in [5.41, 5.74) is 1.64. The van der Waals surface area contributed by atoms with Gasteiger partial charge in [-0.15, -0.1) is 12.6 Å². The zero-order chi connectivity index (χ0) is 15.4. The Bertz CT molecular complexity index is 662. The first-order chi connectivity index (χ1) is 9.97. The van der Waals surface area contributed by atoms with Crippen LogP contribution in [-0.2, 0) is 0 Å². The standard InChI is InChI=1S/C15H13F2NOS2/c1-9-6-7-10(20)8-11(9)14(19)18-12-4-2-3-5-13(12)21-15(16)17/h2-8,15,20H,1H3,(H,18,19). The molecule has 0 atom stereocenters. The minimum absolute atomic E-state index is 0.334. The average molecular weight is 325 g/mol. The fourth-order valence-electron chi connectivity index (χ4n) is 1.81. The number of aryl methyl sites for hydroxylation is 1. The number of alkyl halides is 2. The van der Waals surface area contributed by atoms with E-state index in [2.05, 4.69) is 17.9 Å². The van der Waals surface area contributed by atoms with E-state index in [1.54, 1.807) is 42.5 Å². The number of hydrogen-bond acceptors (Lipinski definition) is 3. The molecule has 0 spiro atoms.